The van der Waals surface area contributed by atoms with Gasteiger partial charge in [0.25, 0.3) is 5.91 Å². The summed E-state index contributed by atoms with van der Waals surface area (Å²) in [5.74, 6) is 0.319. The molecule has 8 heteroatoms. The van der Waals surface area contributed by atoms with Gasteiger partial charge in [-0.1, -0.05) is 29.8 Å². The lowest BCUT2D eigenvalue weighted by atomic mass is 10.2. The van der Waals surface area contributed by atoms with E-state index in [1.807, 2.05) is 17.5 Å². The number of ether oxygens (including phenoxy) is 1. The summed E-state index contributed by atoms with van der Waals surface area (Å²) in [6.45, 7) is 2.05. The Morgan fingerprint density at radius 1 is 1.35 bits per heavy atom. The number of hydrogen-bond donors (Lipinski definition) is 0. The van der Waals surface area contributed by atoms with E-state index in [9.17, 15) is 13.2 Å². The second-order valence-electron chi connectivity index (χ2n) is 6.29. The SMILES string of the molecule is C[C@H](Oc1ccccc1Cl)C(=O)N(Cc1cccs1)[C@H]1CCS(=O)(=O)C1. The molecule has 0 saturated carbocycles. The van der Waals surface area contributed by atoms with Crippen LogP contribution in [-0.2, 0) is 21.2 Å². The lowest BCUT2D eigenvalue weighted by Crippen LogP contribution is -2.46. The third-order valence-electron chi connectivity index (χ3n) is 4.33. The highest BCUT2D eigenvalue weighted by molar-refractivity contribution is 7.91. The number of halogens is 1. The standard InChI is InChI=1S/C18H20ClNO4S2/c1-13(24-17-7-3-2-6-16(17)19)18(21)20(11-15-5-4-9-25-15)14-8-10-26(22,23)12-14/h2-7,9,13-14H,8,10-12H2,1H3/t13-,14-/m0/s1. The van der Waals surface area contributed by atoms with Crippen LogP contribution in [0.3, 0.4) is 0 Å². The van der Waals surface area contributed by atoms with Gasteiger partial charge in [-0.25, -0.2) is 8.42 Å². The van der Waals surface area contributed by atoms with E-state index >= 15 is 0 Å². The summed E-state index contributed by atoms with van der Waals surface area (Å²) in [6.07, 6.45) is -0.309. The molecule has 1 saturated heterocycles. The molecule has 1 fully saturated rings. The van der Waals surface area contributed by atoms with E-state index in [2.05, 4.69) is 0 Å². The van der Waals surface area contributed by atoms with E-state index in [0.29, 0.717) is 23.7 Å². The van der Waals surface area contributed by atoms with E-state index < -0.39 is 15.9 Å². The Labute approximate surface area is 162 Å². The minimum Gasteiger partial charge on any atom is -0.479 e. The van der Waals surface area contributed by atoms with Crippen molar-refractivity contribution >= 4 is 38.7 Å². The number of carbonyl (C=O) groups excluding carboxylic acids is 1. The van der Waals surface area contributed by atoms with Gasteiger partial charge in [0.05, 0.1) is 23.1 Å². The summed E-state index contributed by atoms with van der Waals surface area (Å²) in [6, 6.07) is 10.5. The maximum atomic E-state index is 13.1. The van der Waals surface area contributed by atoms with Gasteiger partial charge in [0.2, 0.25) is 0 Å². The summed E-state index contributed by atoms with van der Waals surface area (Å²) >= 11 is 7.64. The van der Waals surface area contributed by atoms with Crippen LogP contribution in [0.15, 0.2) is 41.8 Å². The molecule has 0 bridgehead atoms. The third kappa shape index (κ3) is 4.58. The molecule has 5 nitrogen and oxygen atoms in total. The van der Waals surface area contributed by atoms with Crippen LogP contribution in [0.1, 0.15) is 18.2 Å². The molecule has 0 unspecified atom stereocenters. The van der Waals surface area contributed by atoms with Gasteiger partial charge in [0.1, 0.15) is 5.75 Å². The van der Waals surface area contributed by atoms with Gasteiger partial charge in [-0.3, -0.25) is 4.79 Å². The Morgan fingerprint density at radius 3 is 2.73 bits per heavy atom. The predicted octanol–water partition coefficient (Wildman–Crippen LogP) is 3.38. The fraction of sp³-hybridized carbons (Fsp3) is 0.389. The van der Waals surface area contributed by atoms with Gasteiger partial charge in [-0.05, 0) is 36.9 Å². The monoisotopic (exact) mass is 413 g/mol. The smallest absolute Gasteiger partial charge is 0.263 e. The van der Waals surface area contributed by atoms with Gasteiger partial charge < -0.3 is 9.64 Å². The number of thiophene rings is 1. The lowest BCUT2D eigenvalue weighted by molar-refractivity contribution is -0.140. The van der Waals surface area contributed by atoms with Crippen LogP contribution < -0.4 is 4.74 Å². The largest absolute Gasteiger partial charge is 0.479 e. The van der Waals surface area contributed by atoms with Gasteiger partial charge in [-0.15, -0.1) is 11.3 Å². The van der Waals surface area contributed by atoms with E-state index in [1.165, 1.54) is 0 Å². The fourth-order valence-electron chi connectivity index (χ4n) is 2.99. The number of sulfone groups is 1. The van der Waals surface area contributed by atoms with Crippen molar-refractivity contribution in [2.75, 3.05) is 11.5 Å². The molecule has 2 atom stereocenters. The quantitative estimate of drug-likeness (QED) is 0.728. The van der Waals surface area contributed by atoms with Crippen LogP contribution in [0.25, 0.3) is 0 Å². The summed E-state index contributed by atoms with van der Waals surface area (Å²) in [5.41, 5.74) is 0. The lowest BCUT2D eigenvalue weighted by Gasteiger charge is -2.30. The Balaban J connectivity index is 1.78. The normalized spacial score (nSPS) is 19.8. The second-order valence-corrected chi connectivity index (χ2v) is 9.96. The Bertz CT molecular complexity index is 867. The molecule has 26 heavy (non-hydrogen) atoms. The van der Waals surface area contributed by atoms with Crippen LogP contribution in [-0.4, -0.2) is 42.9 Å². The minimum absolute atomic E-state index is 0.00291. The van der Waals surface area contributed by atoms with E-state index in [-0.39, 0.29) is 23.5 Å². The molecule has 0 spiro atoms. The van der Waals surface area contributed by atoms with Crippen LogP contribution in [0.2, 0.25) is 5.02 Å². The Morgan fingerprint density at radius 2 is 2.12 bits per heavy atom. The third-order valence-corrected chi connectivity index (χ3v) is 7.25. The highest BCUT2D eigenvalue weighted by atomic mass is 35.5. The second kappa shape index (κ2) is 7.98. The van der Waals surface area contributed by atoms with Crippen molar-refractivity contribution in [1.82, 2.24) is 4.90 Å². The zero-order valence-corrected chi connectivity index (χ0v) is 16.7. The molecule has 1 aromatic heterocycles. The number of carbonyl (C=O) groups is 1. The van der Waals surface area contributed by atoms with Crippen LogP contribution in [0.5, 0.6) is 5.75 Å². The maximum Gasteiger partial charge on any atom is 0.263 e. The van der Waals surface area contributed by atoms with Crippen molar-refractivity contribution in [2.24, 2.45) is 0 Å². The number of para-hydroxylation sites is 1. The molecule has 1 aliphatic heterocycles. The van der Waals surface area contributed by atoms with Gasteiger partial charge in [0, 0.05) is 10.9 Å². The molecular formula is C18H20ClNO4S2. The highest BCUT2D eigenvalue weighted by Crippen LogP contribution is 2.27. The molecule has 0 aliphatic carbocycles. The average molecular weight is 414 g/mol. The Kier molecular flexibility index (Phi) is 5.89. The average Bonchev–Trinajstić information content (AvgIpc) is 3.23. The molecule has 0 radical (unpaired) electrons. The summed E-state index contributed by atoms with van der Waals surface area (Å²) in [5, 5.41) is 2.37. The summed E-state index contributed by atoms with van der Waals surface area (Å²) in [4.78, 5) is 15.7. The number of nitrogens with zero attached hydrogens (tertiary/aromatic N) is 1. The first kappa shape index (κ1) is 19.2. The number of benzene rings is 1. The minimum atomic E-state index is -3.10. The first-order valence-corrected chi connectivity index (χ1v) is 11.4. The Hall–Kier alpha value is -1.57. The zero-order valence-electron chi connectivity index (χ0n) is 14.3. The molecule has 2 heterocycles. The predicted molar refractivity (Wildman–Crippen MR) is 103 cm³/mol. The van der Waals surface area contributed by atoms with Crippen molar-refractivity contribution in [2.45, 2.75) is 32.0 Å². The number of rotatable bonds is 6. The van der Waals surface area contributed by atoms with Crippen LogP contribution >= 0.6 is 22.9 Å². The van der Waals surface area contributed by atoms with Crippen molar-refractivity contribution < 1.29 is 17.9 Å². The highest BCUT2D eigenvalue weighted by Gasteiger charge is 2.36. The number of hydrogen-bond acceptors (Lipinski definition) is 5. The van der Waals surface area contributed by atoms with Crippen molar-refractivity contribution in [3.8, 4) is 5.75 Å². The van der Waals surface area contributed by atoms with Crippen molar-refractivity contribution in [3.63, 3.8) is 0 Å². The van der Waals surface area contributed by atoms with Gasteiger partial charge in [-0.2, -0.15) is 0 Å². The van der Waals surface area contributed by atoms with E-state index in [0.717, 1.165) is 4.88 Å². The molecule has 3 rings (SSSR count). The molecular weight excluding hydrogens is 394 g/mol. The number of amides is 1. The topological polar surface area (TPSA) is 63.7 Å². The van der Waals surface area contributed by atoms with E-state index in [4.69, 9.17) is 16.3 Å². The molecule has 2 aromatic rings. The molecule has 1 aliphatic rings. The summed E-state index contributed by atoms with van der Waals surface area (Å²) in [7, 11) is -3.10. The van der Waals surface area contributed by atoms with Gasteiger partial charge >= 0.3 is 0 Å². The van der Waals surface area contributed by atoms with E-state index in [1.54, 1.807) is 47.4 Å². The summed E-state index contributed by atoms with van der Waals surface area (Å²) < 4.78 is 29.5. The maximum absolute atomic E-state index is 13.1. The van der Waals surface area contributed by atoms with Crippen LogP contribution in [0.4, 0.5) is 0 Å². The van der Waals surface area contributed by atoms with Crippen LogP contribution in [0, 0.1) is 0 Å². The zero-order chi connectivity index (χ0) is 18.7. The van der Waals surface area contributed by atoms with Crippen molar-refractivity contribution in [1.29, 1.82) is 0 Å². The first-order chi connectivity index (χ1) is 12.4. The molecule has 1 aromatic carbocycles. The molecule has 140 valence electrons. The van der Waals surface area contributed by atoms with Gasteiger partial charge in [0.15, 0.2) is 15.9 Å². The van der Waals surface area contributed by atoms with Crippen molar-refractivity contribution in [3.05, 3.63) is 51.7 Å². The first-order valence-electron chi connectivity index (χ1n) is 8.30. The molecule has 1 amide bonds. The molecule has 0 N–H and O–H groups in total. The fourth-order valence-corrected chi connectivity index (χ4v) is 5.61.